The van der Waals surface area contributed by atoms with Crippen molar-refractivity contribution in [2.75, 3.05) is 0 Å². The highest BCUT2D eigenvalue weighted by molar-refractivity contribution is 5.30. The van der Waals surface area contributed by atoms with Crippen LogP contribution in [0.2, 0.25) is 0 Å². The SMILES string of the molecule is C#CCC(CC)n1ccc2c1CC(C)(C)CC2O. The number of terminal acetylenes is 1. The zero-order chi connectivity index (χ0) is 13.3. The number of hydrogen-bond donors (Lipinski definition) is 1. The van der Waals surface area contributed by atoms with Gasteiger partial charge in [-0.1, -0.05) is 20.8 Å². The van der Waals surface area contributed by atoms with Crippen molar-refractivity contribution in [1.29, 1.82) is 0 Å². The van der Waals surface area contributed by atoms with Crippen LogP contribution < -0.4 is 0 Å². The van der Waals surface area contributed by atoms with Crippen LogP contribution in [-0.2, 0) is 6.42 Å². The van der Waals surface area contributed by atoms with Gasteiger partial charge < -0.3 is 9.67 Å². The van der Waals surface area contributed by atoms with Gasteiger partial charge >= 0.3 is 0 Å². The Morgan fingerprint density at radius 2 is 2.33 bits per heavy atom. The minimum Gasteiger partial charge on any atom is -0.388 e. The van der Waals surface area contributed by atoms with Crippen molar-refractivity contribution < 1.29 is 5.11 Å². The second-order valence-corrected chi connectivity index (χ2v) is 6.16. The summed E-state index contributed by atoms with van der Waals surface area (Å²) in [5, 5.41) is 10.2. The van der Waals surface area contributed by atoms with Crippen LogP contribution in [0.5, 0.6) is 0 Å². The quantitative estimate of drug-likeness (QED) is 0.810. The summed E-state index contributed by atoms with van der Waals surface area (Å²) in [6.45, 7) is 6.61. The molecule has 1 aromatic rings. The van der Waals surface area contributed by atoms with Gasteiger partial charge in [-0.3, -0.25) is 0 Å². The molecular weight excluding hydrogens is 222 g/mol. The number of nitrogens with zero attached hydrogens (tertiary/aromatic N) is 1. The predicted molar refractivity (Wildman–Crippen MR) is 74.3 cm³/mol. The van der Waals surface area contributed by atoms with Crippen LogP contribution in [0.3, 0.4) is 0 Å². The molecule has 98 valence electrons. The molecule has 0 bridgehead atoms. The number of hydrogen-bond acceptors (Lipinski definition) is 1. The molecule has 0 amide bonds. The lowest BCUT2D eigenvalue weighted by molar-refractivity contribution is 0.0974. The van der Waals surface area contributed by atoms with E-state index in [1.165, 1.54) is 5.69 Å². The van der Waals surface area contributed by atoms with Crippen LogP contribution in [-0.4, -0.2) is 9.67 Å². The summed E-state index contributed by atoms with van der Waals surface area (Å²) >= 11 is 0. The summed E-state index contributed by atoms with van der Waals surface area (Å²) < 4.78 is 2.29. The average Bonchev–Trinajstić information content (AvgIpc) is 2.68. The molecule has 0 aromatic carbocycles. The van der Waals surface area contributed by atoms with E-state index in [1.54, 1.807) is 0 Å². The van der Waals surface area contributed by atoms with Gasteiger partial charge in [0.15, 0.2) is 0 Å². The van der Waals surface area contributed by atoms with Gasteiger partial charge in [0.1, 0.15) is 0 Å². The standard InChI is InChI=1S/C16H23NO/c1-5-7-12(6-2)17-9-8-13-14(17)10-16(3,4)11-15(13)18/h1,8-9,12,15,18H,6-7,10-11H2,2-4H3. The molecule has 2 unspecified atom stereocenters. The first-order chi connectivity index (χ1) is 8.48. The molecule has 1 aromatic heterocycles. The molecule has 0 radical (unpaired) electrons. The second kappa shape index (κ2) is 4.82. The van der Waals surface area contributed by atoms with Gasteiger partial charge in [0.2, 0.25) is 0 Å². The molecule has 1 aliphatic rings. The van der Waals surface area contributed by atoms with E-state index in [0.29, 0.717) is 6.04 Å². The smallest absolute Gasteiger partial charge is 0.0812 e. The van der Waals surface area contributed by atoms with Gasteiger partial charge in [0.25, 0.3) is 0 Å². The molecular formula is C16H23NO. The average molecular weight is 245 g/mol. The number of fused-ring (bicyclic) bond motifs is 1. The van der Waals surface area contributed by atoms with E-state index < -0.39 is 0 Å². The van der Waals surface area contributed by atoms with Gasteiger partial charge in [0.05, 0.1) is 6.10 Å². The van der Waals surface area contributed by atoms with Crippen LogP contribution in [0.4, 0.5) is 0 Å². The lowest BCUT2D eigenvalue weighted by atomic mass is 9.75. The topological polar surface area (TPSA) is 25.2 Å². The third kappa shape index (κ3) is 2.33. The highest BCUT2D eigenvalue weighted by atomic mass is 16.3. The zero-order valence-corrected chi connectivity index (χ0v) is 11.6. The van der Waals surface area contributed by atoms with Crippen molar-refractivity contribution in [1.82, 2.24) is 4.57 Å². The fourth-order valence-electron chi connectivity index (χ4n) is 3.07. The van der Waals surface area contributed by atoms with Gasteiger partial charge in [-0.05, 0) is 30.7 Å². The molecule has 2 rings (SSSR count). The van der Waals surface area contributed by atoms with Crippen molar-refractivity contribution in [2.45, 2.75) is 58.6 Å². The second-order valence-electron chi connectivity index (χ2n) is 6.16. The zero-order valence-electron chi connectivity index (χ0n) is 11.6. The number of aromatic nitrogens is 1. The van der Waals surface area contributed by atoms with E-state index in [4.69, 9.17) is 6.42 Å². The Kier molecular flexibility index (Phi) is 3.54. The summed E-state index contributed by atoms with van der Waals surface area (Å²) in [7, 11) is 0. The third-order valence-corrected chi connectivity index (χ3v) is 4.03. The molecule has 0 spiro atoms. The molecule has 1 N–H and O–H groups in total. The molecule has 18 heavy (non-hydrogen) atoms. The summed E-state index contributed by atoms with van der Waals surface area (Å²) in [5.74, 6) is 2.76. The Labute approximate surface area is 110 Å². The predicted octanol–water partition coefficient (Wildman–Crippen LogP) is 3.47. The van der Waals surface area contributed by atoms with Gasteiger partial charge in [0, 0.05) is 29.9 Å². The fraction of sp³-hybridized carbons (Fsp3) is 0.625. The molecule has 2 atom stereocenters. The maximum atomic E-state index is 10.2. The Bertz CT molecular complexity index is 464. The number of aliphatic hydroxyl groups is 1. The fourth-order valence-corrected chi connectivity index (χ4v) is 3.07. The summed E-state index contributed by atoms with van der Waals surface area (Å²) in [6, 6.07) is 2.42. The molecule has 0 saturated heterocycles. The lowest BCUT2D eigenvalue weighted by Crippen LogP contribution is -2.27. The van der Waals surface area contributed by atoms with Crippen molar-refractivity contribution in [3.63, 3.8) is 0 Å². The van der Waals surface area contributed by atoms with E-state index in [0.717, 1.165) is 31.2 Å². The summed E-state index contributed by atoms with van der Waals surface area (Å²) in [6.07, 6.45) is 10.9. The van der Waals surface area contributed by atoms with Crippen molar-refractivity contribution in [2.24, 2.45) is 5.41 Å². The van der Waals surface area contributed by atoms with Crippen LogP contribution >= 0.6 is 0 Å². The largest absolute Gasteiger partial charge is 0.388 e. The van der Waals surface area contributed by atoms with Gasteiger partial charge in [-0.2, -0.15) is 0 Å². The third-order valence-electron chi connectivity index (χ3n) is 4.03. The highest BCUT2D eigenvalue weighted by Crippen LogP contribution is 2.42. The van der Waals surface area contributed by atoms with Crippen LogP contribution in [0.15, 0.2) is 12.3 Å². The van der Waals surface area contributed by atoms with Gasteiger partial charge in [-0.25, -0.2) is 0 Å². The molecule has 0 fully saturated rings. The van der Waals surface area contributed by atoms with E-state index in [2.05, 4.69) is 43.5 Å². The lowest BCUT2D eigenvalue weighted by Gasteiger charge is -2.35. The van der Waals surface area contributed by atoms with Crippen molar-refractivity contribution >= 4 is 0 Å². The van der Waals surface area contributed by atoms with Crippen LogP contribution in [0.1, 0.15) is 63.4 Å². The Hall–Kier alpha value is -1.20. The number of aliphatic hydroxyl groups excluding tert-OH is 1. The minimum absolute atomic E-state index is 0.164. The minimum atomic E-state index is -0.326. The van der Waals surface area contributed by atoms with Crippen molar-refractivity contribution in [3.05, 3.63) is 23.5 Å². The number of rotatable bonds is 3. The highest BCUT2D eigenvalue weighted by Gasteiger charge is 2.33. The Morgan fingerprint density at radius 1 is 1.61 bits per heavy atom. The molecule has 0 aliphatic heterocycles. The molecule has 1 aliphatic carbocycles. The summed E-state index contributed by atoms with van der Waals surface area (Å²) in [5.41, 5.74) is 2.54. The normalized spacial score (nSPS) is 23.2. The first kappa shape index (κ1) is 13.2. The first-order valence-electron chi connectivity index (χ1n) is 6.79. The first-order valence-corrected chi connectivity index (χ1v) is 6.79. The van der Waals surface area contributed by atoms with Crippen LogP contribution in [0, 0.1) is 17.8 Å². The van der Waals surface area contributed by atoms with E-state index in [-0.39, 0.29) is 11.5 Å². The molecule has 2 nitrogen and oxygen atoms in total. The molecule has 1 heterocycles. The monoisotopic (exact) mass is 245 g/mol. The van der Waals surface area contributed by atoms with Gasteiger partial charge in [-0.15, -0.1) is 12.3 Å². The maximum Gasteiger partial charge on any atom is 0.0812 e. The molecule has 0 saturated carbocycles. The summed E-state index contributed by atoms with van der Waals surface area (Å²) in [4.78, 5) is 0. The van der Waals surface area contributed by atoms with Crippen molar-refractivity contribution in [3.8, 4) is 12.3 Å². The van der Waals surface area contributed by atoms with E-state index >= 15 is 0 Å². The maximum absolute atomic E-state index is 10.2. The Morgan fingerprint density at radius 3 is 2.94 bits per heavy atom. The van der Waals surface area contributed by atoms with E-state index in [1.807, 2.05) is 0 Å². The van der Waals surface area contributed by atoms with E-state index in [9.17, 15) is 5.11 Å². The Balaban J connectivity index is 2.39. The van der Waals surface area contributed by atoms with Crippen LogP contribution in [0.25, 0.3) is 0 Å². The molecule has 2 heteroatoms.